The molecule has 0 aliphatic carbocycles. The number of piperidine rings is 1. The van der Waals surface area contributed by atoms with Crippen molar-refractivity contribution in [3.63, 3.8) is 0 Å². The molecular formula is C20H31N7O2. The van der Waals surface area contributed by atoms with Crippen LogP contribution in [0.3, 0.4) is 0 Å². The van der Waals surface area contributed by atoms with Gasteiger partial charge in [0.15, 0.2) is 5.82 Å². The summed E-state index contributed by atoms with van der Waals surface area (Å²) in [7, 11) is 1.57. The Balaban J connectivity index is 1.57. The molecule has 2 saturated heterocycles. The molecule has 9 heteroatoms. The van der Waals surface area contributed by atoms with Crippen molar-refractivity contribution < 1.29 is 9.53 Å². The smallest absolute Gasteiger partial charge is 0.248 e. The Morgan fingerprint density at radius 3 is 2.86 bits per heavy atom. The number of nitrogens with zero attached hydrogens (tertiary/aromatic N) is 6. The van der Waals surface area contributed by atoms with Gasteiger partial charge in [-0.05, 0) is 27.2 Å². The van der Waals surface area contributed by atoms with Crippen LogP contribution in [0, 0.1) is 19.8 Å². The highest BCUT2D eigenvalue weighted by atomic mass is 16.5. The number of nitrogens with one attached hydrogen (secondary N) is 1. The van der Waals surface area contributed by atoms with Crippen molar-refractivity contribution in [1.82, 2.24) is 34.8 Å². The largest absolute Gasteiger partial charge is 0.375 e. The molecule has 2 fully saturated rings. The summed E-state index contributed by atoms with van der Waals surface area (Å²) in [6.07, 6.45) is 3.02. The lowest BCUT2D eigenvalue weighted by molar-refractivity contribution is -0.137. The standard InChI is InChI=1S/C20H31N7O2/c1-5-27-9-16(14(2)24-27)8-25-10-17-11-26(18(28)12-29-4)7-6-20(17,13-25)19-21-15(3)22-23-19/h9,17H,5-8,10-13H2,1-4H3,(H,21,22,23)/t17-,20+/m0/s1. The van der Waals surface area contributed by atoms with Crippen molar-refractivity contribution in [3.05, 3.63) is 29.1 Å². The van der Waals surface area contributed by atoms with Gasteiger partial charge in [-0.15, -0.1) is 0 Å². The number of ether oxygens (including phenoxy) is 1. The Hall–Kier alpha value is -2.26. The third kappa shape index (κ3) is 3.69. The topological polar surface area (TPSA) is 92.2 Å². The van der Waals surface area contributed by atoms with Crippen molar-refractivity contribution in [2.45, 2.75) is 45.7 Å². The average Bonchev–Trinajstić information content (AvgIpc) is 3.39. The minimum Gasteiger partial charge on any atom is -0.375 e. The number of aromatic nitrogens is 5. The Morgan fingerprint density at radius 2 is 2.21 bits per heavy atom. The number of aromatic amines is 1. The molecule has 0 bridgehead atoms. The predicted molar refractivity (Wildman–Crippen MR) is 107 cm³/mol. The number of carbonyl (C=O) groups excluding carboxylic acids is 1. The van der Waals surface area contributed by atoms with E-state index in [1.165, 1.54) is 5.56 Å². The second-order valence-electron chi connectivity index (χ2n) is 8.39. The molecule has 1 N–H and O–H groups in total. The van der Waals surface area contributed by atoms with Crippen molar-refractivity contribution in [2.24, 2.45) is 5.92 Å². The Labute approximate surface area is 171 Å². The SMILES string of the molecule is CCn1cc(CN2C[C@H]3CN(C(=O)COC)CC[C@@]3(c3n[nH]c(C)n3)C2)c(C)n1. The fourth-order valence-corrected chi connectivity index (χ4v) is 4.90. The van der Waals surface area contributed by atoms with E-state index < -0.39 is 0 Å². The van der Waals surface area contributed by atoms with E-state index in [4.69, 9.17) is 9.72 Å². The highest BCUT2D eigenvalue weighted by molar-refractivity contribution is 5.77. The number of hydrogen-bond donors (Lipinski definition) is 1. The van der Waals surface area contributed by atoms with E-state index >= 15 is 0 Å². The molecule has 2 aromatic rings. The van der Waals surface area contributed by atoms with Gasteiger partial charge < -0.3 is 9.64 Å². The number of methoxy groups -OCH3 is 1. The lowest BCUT2D eigenvalue weighted by Gasteiger charge is -2.41. The summed E-state index contributed by atoms with van der Waals surface area (Å²) in [6, 6.07) is 0. The molecule has 2 aliphatic rings. The molecule has 4 rings (SSSR count). The predicted octanol–water partition coefficient (Wildman–Crippen LogP) is 0.886. The first kappa shape index (κ1) is 20.0. The highest BCUT2D eigenvalue weighted by Gasteiger charge is 2.53. The number of carbonyl (C=O) groups is 1. The molecule has 4 heterocycles. The van der Waals surface area contributed by atoms with Crippen molar-refractivity contribution in [1.29, 1.82) is 0 Å². The fraction of sp³-hybridized carbons (Fsp3) is 0.700. The third-order valence-corrected chi connectivity index (χ3v) is 6.46. The number of amides is 1. The summed E-state index contributed by atoms with van der Waals surface area (Å²) < 4.78 is 7.06. The molecule has 9 nitrogen and oxygen atoms in total. The van der Waals surface area contributed by atoms with Crippen LogP contribution in [0.15, 0.2) is 6.20 Å². The van der Waals surface area contributed by atoms with Crippen LogP contribution in [-0.4, -0.2) is 80.6 Å². The number of rotatable bonds is 6. The van der Waals surface area contributed by atoms with Gasteiger partial charge in [0.2, 0.25) is 5.91 Å². The van der Waals surface area contributed by atoms with Crippen molar-refractivity contribution in [2.75, 3.05) is 39.9 Å². The molecule has 2 atom stereocenters. The van der Waals surface area contributed by atoms with Crippen LogP contribution in [0.1, 0.15) is 36.3 Å². The lowest BCUT2D eigenvalue weighted by atomic mass is 9.72. The zero-order valence-electron chi connectivity index (χ0n) is 17.8. The van der Waals surface area contributed by atoms with Crippen molar-refractivity contribution >= 4 is 5.91 Å². The first-order chi connectivity index (χ1) is 13.9. The van der Waals surface area contributed by atoms with Gasteiger partial charge in [-0.2, -0.15) is 10.2 Å². The fourth-order valence-electron chi connectivity index (χ4n) is 4.90. The maximum atomic E-state index is 12.4. The number of aryl methyl sites for hydroxylation is 3. The number of hydrogen-bond acceptors (Lipinski definition) is 6. The second kappa shape index (κ2) is 7.87. The molecule has 0 unspecified atom stereocenters. The first-order valence-corrected chi connectivity index (χ1v) is 10.4. The van der Waals surface area contributed by atoms with Gasteiger partial charge in [0.25, 0.3) is 0 Å². The molecular weight excluding hydrogens is 370 g/mol. The Kier molecular flexibility index (Phi) is 5.44. The highest BCUT2D eigenvalue weighted by Crippen LogP contribution is 2.44. The van der Waals surface area contributed by atoms with Crippen LogP contribution in [0.25, 0.3) is 0 Å². The normalized spacial score (nSPS) is 24.8. The van der Waals surface area contributed by atoms with Crippen LogP contribution in [0.4, 0.5) is 0 Å². The molecule has 0 aromatic carbocycles. The van der Waals surface area contributed by atoms with Gasteiger partial charge in [0.05, 0.1) is 11.1 Å². The molecule has 2 aromatic heterocycles. The van der Waals surface area contributed by atoms with Gasteiger partial charge in [0, 0.05) is 64.1 Å². The van der Waals surface area contributed by atoms with E-state index in [2.05, 4.69) is 40.2 Å². The Morgan fingerprint density at radius 1 is 1.38 bits per heavy atom. The molecule has 2 aliphatic heterocycles. The van der Waals surface area contributed by atoms with Crippen LogP contribution in [0.2, 0.25) is 0 Å². The van der Waals surface area contributed by atoms with Crippen LogP contribution in [-0.2, 0) is 28.0 Å². The van der Waals surface area contributed by atoms with E-state index in [1.807, 2.05) is 16.5 Å². The average molecular weight is 402 g/mol. The number of fused-ring (bicyclic) bond motifs is 1. The second-order valence-corrected chi connectivity index (χ2v) is 8.39. The van der Waals surface area contributed by atoms with E-state index in [0.29, 0.717) is 12.5 Å². The molecule has 0 saturated carbocycles. The summed E-state index contributed by atoms with van der Waals surface area (Å²) in [5.74, 6) is 2.09. The summed E-state index contributed by atoms with van der Waals surface area (Å²) in [5, 5.41) is 12.2. The molecule has 29 heavy (non-hydrogen) atoms. The van der Waals surface area contributed by atoms with Gasteiger partial charge in [0.1, 0.15) is 12.4 Å². The minimum absolute atomic E-state index is 0.0609. The van der Waals surface area contributed by atoms with Crippen LogP contribution >= 0.6 is 0 Å². The Bertz CT molecular complexity index is 876. The molecule has 0 radical (unpaired) electrons. The minimum atomic E-state index is -0.122. The molecule has 1 amide bonds. The summed E-state index contributed by atoms with van der Waals surface area (Å²) >= 11 is 0. The number of H-pyrrole nitrogens is 1. The monoisotopic (exact) mass is 401 g/mol. The van der Waals surface area contributed by atoms with E-state index in [0.717, 1.165) is 56.5 Å². The van der Waals surface area contributed by atoms with E-state index in [9.17, 15) is 4.79 Å². The van der Waals surface area contributed by atoms with Gasteiger partial charge in [-0.25, -0.2) is 4.98 Å². The summed E-state index contributed by atoms with van der Waals surface area (Å²) in [4.78, 5) is 21.6. The zero-order valence-corrected chi connectivity index (χ0v) is 17.8. The quantitative estimate of drug-likeness (QED) is 0.773. The van der Waals surface area contributed by atoms with Crippen LogP contribution < -0.4 is 0 Å². The molecule has 158 valence electrons. The van der Waals surface area contributed by atoms with E-state index in [-0.39, 0.29) is 17.9 Å². The molecule has 0 spiro atoms. The lowest BCUT2D eigenvalue weighted by Crippen LogP contribution is -2.52. The van der Waals surface area contributed by atoms with Gasteiger partial charge in [-0.1, -0.05) is 0 Å². The first-order valence-electron chi connectivity index (χ1n) is 10.4. The van der Waals surface area contributed by atoms with Gasteiger partial charge >= 0.3 is 0 Å². The summed E-state index contributed by atoms with van der Waals surface area (Å²) in [5.41, 5.74) is 2.23. The maximum Gasteiger partial charge on any atom is 0.248 e. The van der Waals surface area contributed by atoms with Gasteiger partial charge in [-0.3, -0.25) is 19.5 Å². The zero-order chi connectivity index (χ0) is 20.6. The number of likely N-dealkylation sites (tertiary alicyclic amines) is 2. The van der Waals surface area contributed by atoms with Crippen molar-refractivity contribution in [3.8, 4) is 0 Å². The summed E-state index contributed by atoms with van der Waals surface area (Å²) in [6.45, 7) is 11.2. The van der Waals surface area contributed by atoms with Crippen LogP contribution in [0.5, 0.6) is 0 Å². The third-order valence-electron chi connectivity index (χ3n) is 6.46. The maximum absolute atomic E-state index is 12.4. The van der Waals surface area contributed by atoms with E-state index in [1.54, 1.807) is 7.11 Å².